The second-order valence-electron chi connectivity index (χ2n) is 3.76. The molecule has 1 atom stereocenters. The van der Waals surface area contributed by atoms with E-state index in [0.717, 1.165) is 22.9 Å². The number of benzene rings is 1. The zero-order valence-electron chi connectivity index (χ0n) is 8.99. The third kappa shape index (κ3) is 2.48. The molecule has 1 aromatic carbocycles. The smallest absolute Gasteiger partial charge is 0.242 e. The molecule has 0 saturated carbocycles. The lowest BCUT2D eigenvalue weighted by Gasteiger charge is -2.12. The molecule has 2 rings (SSSR count). The highest BCUT2D eigenvalue weighted by atomic mass is 32.2. The average molecular weight is 238 g/mol. The van der Waals surface area contributed by atoms with Crippen molar-refractivity contribution in [2.75, 3.05) is 16.9 Å². The largest absolute Gasteiger partial charge is 0.508 e. The predicted molar refractivity (Wildman–Crippen MR) is 65.7 cm³/mol. The number of phenols is 1. The maximum Gasteiger partial charge on any atom is 0.242 e. The third-order valence-corrected chi connectivity index (χ3v) is 3.44. The second kappa shape index (κ2) is 4.76. The molecule has 1 aliphatic heterocycles. The van der Waals surface area contributed by atoms with E-state index in [-0.39, 0.29) is 17.7 Å². The van der Waals surface area contributed by atoms with E-state index in [1.807, 2.05) is 6.92 Å². The summed E-state index contributed by atoms with van der Waals surface area (Å²) in [6.45, 7) is 1.85. The molecular weight excluding hydrogens is 224 g/mol. The Morgan fingerprint density at radius 2 is 2.44 bits per heavy atom. The molecule has 1 aromatic rings. The lowest BCUT2D eigenvalue weighted by molar-refractivity contribution is -0.117. The summed E-state index contributed by atoms with van der Waals surface area (Å²) in [5, 5.41) is 15.2. The van der Waals surface area contributed by atoms with Gasteiger partial charge in [-0.05, 0) is 30.7 Å². The number of thioether (sulfide) groups is 1. The van der Waals surface area contributed by atoms with Crippen LogP contribution in [0, 0.1) is 6.92 Å². The second-order valence-corrected chi connectivity index (χ2v) is 4.79. The third-order valence-electron chi connectivity index (χ3n) is 2.50. The average Bonchev–Trinajstić information content (AvgIpc) is 2.75. The molecule has 86 valence electrons. The van der Waals surface area contributed by atoms with E-state index >= 15 is 0 Å². The van der Waals surface area contributed by atoms with Crippen LogP contribution >= 0.6 is 11.8 Å². The fraction of sp³-hybridized carbons (Fsp3) is 0.364. The van der Waals surface area contributed by atoms with Crippen molar-refractivity contribution in [2.24, 2.45) is 0 Å². The Bertz CT molecular complexity index is 403. The van der Waals surface area contributed by atoms with Crippen LogP contribution in [0.4, 0.5) is 5.69 Å². The van der Waals surface area contributed by atoms with Crippen LogP contribution in [0.1, 0.15) is 5.56 Å². The van der Waals surface area contributed by atoms with Crippen molar-refractivity contribution >= 4 is 23.4 Å². The number of carbonyl (C=O) groups excluding carboxylic acids is 1. The van der Waals surface area contributed by atoms with Crippen molar-refractivity contribution in [1.82, 2.24) is 5.32 Å². The zero-order valence-corrected chi connectivity index (χ0v) is 9.80. The lowest BCUT2D eigenvalue weighted by Crippen LogP contribution is -2.37. The van der Waals surface area contributed by atoms with E-state index in [1.54, 1.807) is 30.0 Å². The van der Waals surface area contributed by atoms with Crippen molar-refractivity contribution in [1.29, 1.82) is 0 Å². The van der Waals surface area contributed by atoms with Gasteiger partial charge in [0.05, 0.1) is 6.04 Å². The summed E-state index contributed by atoms with van der Waals surface area (Å²) in [5.41, 5.74) is 1.61. The summed E-state index contributed by atoms with van der Waals surface area (Å²) in [6, 6.07) is 4.80. The number of hydrogen-bond donors (Lipinski definition) is 3. The first-order valence-corrected chi connectivity index (χ1v) is 6.24. The highest BCUT2D eigenvalue weighted by Crippen LogP contribution is 2.21. The van der Waals surface area contributed by atoms with E-state index in [2.05, 4.69) is 10.6 Å². The van der Waals surface area contributed by atoms with Gasteiger partial charge in [-0.3, -0.25) is 10.1 Å². The number of amides is 1. The van der Waals surface area contributed by atoms with E-state index < -0.39 is 0 Å². The molecule has 16 heavy (non-hydrogen) atoms. The molecule has 0 radical (unpaired) electrons. The Morgan fingerprint density at radius 3 is 3.06 bits per heavy atom. The standard InChI is InChI=1S/C11H14N2O2S/c1-7-4-8(14)2-3-9(7)13-11(15)10-5-16-6-12-10/h2-4,10,12,14H,5-6H2,1H3,(H,13,15). The zero-order chi connectivity index (χ0) is 11.5. The van der Waals surface area contributed by atoms with Crippen molar-refractivity contribution in [3.05, 3.63) is 23.8 Å². The van der Waals surface area contributed by atoms with Crippen LogP contribution in [0.3, 0.4) is 0 Å². The van der Waals surface area contributed by atoms with Gasteiger partial charge in [0.25, 0.3) is 0 Å². The van der Waals surface area contributed by atoms with Gasteiger partial charge in [-0.25, -0.2) is 0 Å². The predicted octanol–water partition coefficient (Wildman–Crippen LogP) is 1.30. The molecule has 1 heterocycles. The van der Waals surface area contributed by atoms with Gasteiger partial charge < -0.3 is 10.4 Å². The highest BCUT2D eigenvalue weighted by Gasteiger charge is 2.22. The summed E-state index contributed by atoms with van der Waals surface area (Å²) in [7, 11) is 0. The Balaban J connectivity index is 2.05. The van der Waals surface area contributed by atoms with Crippen LogP contribution in [0.25, 0.3) is 0 Å². The molecule has 1 saturated heterocycles. The van der Waals surface area contributed by atoms with Crippen molar-refractivity contribution < 1.29 is 9.90 Å². The van der Waals surface area contributed by atoms with Gasteiger partial charge in [-0.15, -0.1) is 11.8 Å². The lowest BCUT2D eigenvalue weighted by atomic mass is 10.2. The van der Waals surface area contributed by atoms with Gasteiger partial charge in [0, 0.05) is 17.3 Å². The fourth-order valence-corrected chi connectivity index (χ4v) is 2.51. The Hall–Kier alpha value is -1.20. The summed E-state index contributed by atoms with van der Waals surface area (Å²) in [4.78, 5) is 11.8. The van der Waals surface area contributed by atoms with Crippen LogP contribution in [-0.2, 0) is 4.79 Å². The molecule has 0 spiro atoms. The number of carbonyl (C=O) groups is 1. The normalized spacial score (nSPS) is 19.7. The molecule has 4 nitrogen and oxygen atoms in total. The van der Waals surface area contributed by atoms with Crippen LogP contribution in [-0.4, -0.2) is 28.7 Å². The molecule has 1 unspecified atom stereocenters. The molecule has 0 bridgehead atoms. The molecular formula is C11H14N2O2S. The minimum atomic E-state index is -0.113. The Kier molecular flexibility index (Phi) is 3.36. The topological polar surface area (TPSA) is 61.4 Å². The van der Waals surface area contributed by atoms with Gasteiger partial charge in [0.1, 0.15) is 5.75 Å². The molecule has 0 aliphatic carbocycles. The SMILES string of the molecule is Cc1cc(O)ccc1NC(=O)C1CSCN1. The monoisotopic (exact) mass is 238 g/mol. The number of anilines is 1. The molecule has 0 aromatic heterocycles. The molecule has 3 N–H and O–H groups in total. The van der Waals surface area contributed by atoms with Crippen LogP contribution in [0.2, 0.25) is 0 Å². The van der Waals surface area contributed by atoms with Gasteiger partial charge in [0.2, 0.25) is 5.91 Å². The molecule has 5 heteroatoms. The van der Waals surface area contributed by atoms with Crippen LogP contribution in [0.5, 0.6) is 5.75 Å². The molecule has 1 fully saturated rings. The van der Waals surface area contributed by atoms with E-state index in [9.17, 15) is 9.90 Å². The quantitative estimate of drug-likeness (QED) is 0.680. The maximum atomic E-state index is 11.8. The van der Waals surface area contributed by atoms with Gasteiger partial charge in [-0.1, -0.05) is 0 Å². The minimum absolute atomic E-state index is 0.0150. The first-order valence-electron chi connectivity index (χ1n) is 5.08. The van der Waals surface area contributed by atoms with E-state index in [1.165, 1.54) is 0 Å². The maximum absolute atomic E-state index is 11.8. The van der Waals surface area contributed by atoms with Crippen LogP contribution in [0.15, 0.2) is 18.2 Å². The number of nitrogens with one attached hydrogen (secondary N) is 2. The summed E-state index contributed by atoms with van der Waals surface area (Å²) >= 11 is 1.72. The van der Waals surface area contributed by atoms with Crippen molar-refractivity contribution in [3.63, 3.8) is 0 Å². The van der Waals surface area contributed by atoms with E-state index in [4.69, 9.17) is 0 Å². The summed E-state index contributed by atoms with van der Waals surface area (Å²) in [6.07, 6.45) is 0. The summed E-state index contributed by atoms with van der Waals surface area (Å²) in [5.74, 6) is 1.83. The summed E-state index contributed by atoms with van der Waals surface area (Å²) < 4.78 is 0. The number of aryl methyl sites for hydroxylation is 1. The first-order chi connectivity index (χ1) is 7.66. The first kappa shape index (κ1) is 11.3. The van der Waals surface area contributed by atoms with Crippen molar-refractivity contribution in [2.45, 2.75) is 13.0 Å². The fourth-order valence-electron chi connectivity index (χ4n) is 1.57. The van der Waals surface area contributed by atoms with Crippen molar-refractivity contribution in [3.8, 4) is 5.75 Å². The van der Waals surface area contributed by atoms with Gasteiger partial charge >= 0.3 is 0 Å². The molecule has 1 amide bonds. The molecule has 1 aliphatic rings. The van der Waals surface area contributed by atoms with Gasteiger partial charge in [-0.2, -0.15) is 0 Å². The van der Waals surface area contributed by atoms with Crippen LogP contribution < -0.4 is 10.6 Å². The Morgan fingerprint density at radius 1 is 1.62 bits per heavy atom. The highest BCUT2D eigenvalue weighted by molar-refractivity contribution is 7.99. The van der Waals surface area contributed by atoms with Gasteiger partial charge in [0.15, 0.2) is 0 Å². The number of phenolic OH excluding ortho intramolecular Hbond substituents is 1. The van der Waals surface area contributed by atoms with E-state index in [0.29, 0.717) is 0 Å². The number of rotatable bonds is 2. The Labute approximate surface area is 98.4 Å². The number of hydrogen-bond acceptors (Lipinski definition) is 4. The number of aromatic hydroxyl groups is 1. The minimum Gasteiger partial charge on any atom is -0.508 e.